The Morgan fingerprint density at radius 1 is 1.06 bits per heavy atom. The molecule has 0 aliphatic carbocycles. The molecule has 1 N–H and O–H groups in total. The minimum absolute atomic E-state index is 0.0374. The number of rotatable bonds is 9. The molecular weight excluding hydrogens is 460 g/mol. The van der Waals surface area contributed by atoms with Crippen molar-refractivity contribution in [2.75, 3.05) is 13.7 Å². The molecule has 0 aliphatic rings. The molecule has 6 nitrogen and oxygen atoms in total. The maximum atomic E-state index is 13.0. The van der Waals surface area contributed by atoms with Gasteiger partial charge in [-0.15, -0.1) is 0 Å². The van der Waals surface area contributed by atoms with Crippen LogP contribution < -0.4 is 10.1 Å². The molecule has 3 rings (SSSR count). The van der Waals surface area contributed by atoms with Crippen molar-refractivity contribution in [3.63, 3.8) is 0 Å². The molecule has 1 atom stereocenters. The Labute approximate surface area is 200 Å². The molecular formula is C25H27ClN2O4S. The van der Waals surface area contributed by atoms with Gasteiger partial charge < -0.3 is 10.1 Å². The van der Waals surface area contributed by atoms with E-state index in [-0.39, 0.29) is 23.4 Å². The van der Waals surface area contributed by atoms with Gasteiger partial charge in [0.05, 0.1) is 17.5 Å². The van der Waals surface area contributed by atoms with E-state index in [1.54, 1.807) is 18.2 Å². The molecule has 0 fully saturated rings. The third-order valence-corrected chi connectivity index (χ3v) is 7.25. The lowest BCUT2D eigenvalue weighted by atomic mass is 10.1. The number of halogens is 1. The smallest absolute Gasteiger partial charge is 0.251 e. The number of nitrogens with one attached hydrogen (secondary N) is 1. The molecule has 0 aromatic heterocycles. The van der Waals surface area contributed by atoms with Gasteiger partial charge in [-0.1, -0.05) is 41.9 Å². The van der Waals surface area contributed by atoms with E-state index in [1.807, 2.05) is 44.2 Å². The highest BCUT2D eigenvalue weighted by Gasteiger charge is 2.23. The Bertz CT molecular complexity index is 1200. The topological polar surface area (TPSA) is 75.7 Å². The zero-order valence-electron chi connectivity index (χ0n) is 18.8. The van der Waals surface area contributed by atoms with Crippen molar-refractivity contribution in [1.82, 2.24) is 9.62 Å². The SMILES string of the molecule is CCOc1ccc(C(=O)N[C@H](C)c2ccccc2)cc1CN(C)S(=O)(=O)c1ccc(Cl)cc1. The van der Waals surface area contributed by atoms with E-state index < -0.39 is 10.0 Å². The van der Waals surface area contributed by atoms with Gasteiger partial charge in [-0.2, -0.15) is 4.31 Å². The van der Waals surface area contributed by atoms with E-state index in [0.717, 1.165) is 5.56 Å². The summed E-state index contributed by atoms with van der Waals surface area (Å²) in [5.74, 6) is 0.280. The monoisotopic (exact) mass is 486 g/mol. The van der Waals surface area contributed by atoms with Crippen LogP contribution in [-0.4, -0.2) is 32.3 Å². The molecule has 0 spiro atoms. The number of benzene rings is 3. The van der Waals surface area contributed by atoms with E-state index in [2.05, 4.69) is 5.32 Å². The van der Waals surface area contributed by atoms with Crippen LogP contribution in [-0.2, 0) is 16.6 Å². The Kier molecular flexibility index (Phi) is 8.13. The highest BCUT2D eigenvalue weighted by Crippen LogP contribution is 2.25. The van der Waals surface area contributed by atoms with Gasteiger partial charge in [0.2, 0.25) is 10.0 Å². The molecule has 0 saturated heterocycles. The Morgan fingerprint density at radius 2 is 1.73 bits per heavy atom. The quantitative estimate of drug-likeness (QED) is 0.459. The van der Waals surface area contributed by atoms with Gasteiger partial charge in [0, 0.05) is 29.7 Å². The van der Waals surface area contributed by atoms with Crippen LogP contribution in [0.25, 0.3) is 0 Å². The van der Waals surface area contributed by atoms with Crippen LogP contribution in [0, 0.1) is 0 Å². The molecule has 3 aromatic rings. The summed E-state index contributed by atoms with van der Waals surface area (Å²) in [6.45, 7) is 4.21. The van der Waals surface area contributed by atoms with Gasteiger partial charge in [0.25, 0.3) is 5.91 Å². The van der Waals surface area contributed by atoms with Crippen LogP contribution in [0.5, 0.6) is 5.75 Å². The molecule has 3 aromatic carbocycles. The molecule has 8 heteroatoms. The summed E-state index contributed by atoms with van der Waals surface area (Å²) in [4.78, 5) is 13.0. The van der Waals surface area contributed by atoms with Gasteiger partial charge in [-0.3, -0.25) is 4.79 Å². The first-order valence-corrected chi connectivity index (χ1v) is 12.4. The largest absolute Gasteiger partial charge is 0.494 e. The van der Waals surface area contributed by atoms with Crippen LogP contribution in [0.15, 0.2) is 77.7 Å². The van der Waals surface area contributed by atoms with E-state index in [0.29, 0.717) is 28.5 Å². The van der Waals surface area contributed by atoms with Gasteiger partial charge in [0.1, 0.15) is 5.75 Å². The first-order chi connectivity index (χ1) is 15.7. The molecule has 33 heavy (non-hydrogen) atoms. The van der Waals surface area contributed by atoms with Gasteiger partial charge >= 0.3 is 0 Å². The van der Waals surface area contributed by atoms with E-state index in [4.69, 9.17) is 16.3 Å². The number of nitrogens with zero attached hydrogens (tertiary/aromatic N) is 1. The first kappa shape index (κ1) is 24.8. The highest BCUT2D eigenvalue weighted by atomic mass is 35.5. The molecule has 0 bridgehead atoms. The summed E-state index contributed by atoms with van der Waals surface area (Å²) in [6.07, 6.45) is 0. The Hall–Kier alpha value is -2.87. The maximum Gasteiger partial charge on any atom is 0.251 e. The van der Waals surface area contributed by atoms with Crippen molar-refractivity contribution < 1.29 is 17.9 Å². The van der Waals surface area contributed by atoms with Crippen molar-refractivity contribution in [2.45, 2.75) is 31.3 Å². The minimum Gasteiger partial charge on any atom is -0.494 e. The van der Waals surface area contributed by atoms with E-state index in [1.165, 1.54) is 35.6 Å². The second-order valence-electron chi connectivity index (χ2n) is 7.58. The average molecular weight is 487 g/mol. The van der Waals surface area contributed by atoms with Crippen LogP contribution in [0.1, 0.15) is 41.4 Å². The van der Waals surface area contributed by atoms with Crippen molar-refractivity contribution in [3.8, 4) is 5.75 Å². The highest BCUT2D eigenvalue weighted by molar-refractivity contribution is 7.89. The number of hydrogen-bond donors (Lipinski definition) is 1. The van der Waals surface area contributed by atoms with Crippen molar-refractivity contribution in [2.24, 2.45) is 0 Å². The Morgan fingerprint density at radius 3 is 2.36 bits per heavy atom. The molecule has 0 saturated carbocycles. The summed E-state index contributed by atoms with van der Waals surface area (Å²) >= 11 is 5.89. The average Bonchev–Trinajstić information content (AvgIpc) is 2.81. The lowest BCUT2D eigenvalue weighted by Crippen LogP contribution is -2.28. The number of carbonyl (C=O) groups is 1. The lowest BCUT2D eigenvalue weighted by Gasteiger charge is -2.20. The first-order valence-electron chi connectivity index (χ1n) is 10.6. The molecule has 0 aliphatic heterocycles. The fraction of sp³-hybridized carbons (Fsp3) is 0.240. The number of amides is 1. The third-order valence-electron chi connectivity index (χ3n) is 5.18. The fourth-order valence-corrected chi connectivity index (χ4v) is 4.63. The summed E-state index contributed by atoms with van der Waals surface area (Å²) in [7, 11) is -2.27. The summed E-state index contributed by atoms with van der Waals surface area (Å²) in [5, 5.41) is 3.44. The fourth-order valence-electron chi connectivity index (χ4n) is 3.36. The zero-order valence-corrected chi connectivity index (χ0v) is 20.4. The second-order valence-corrected chi connectivity index (χ2v) is 10.1. The molecule has 174 valence electrons. The predicted molar refractivity (Wildman–Crippen MR) is 130 cm³/mol. The standard InChI is InChI=1S/C25H27ClN2O4S/c1-4-32-24-15-10-20(25(29)27-18(2)19-8-6-5-7-9-19)16-21(24)17-28(3)33(30,31)23-13-11-22(26)12-14-23/h5-16,18H,4,17H2,1-3H3,(H,27,29)/t18-/m1/s1. The van der Waals surface area contributed by atoms with E-state index >= 15 is 0 Å². The van der Waals surface area contributed by atoms with Gasteiger partial charge in [-0.05, 0) is 61.9 Å². The molecule has 0 radical (unpaired) electrons. The van der Waals surface area contributed by atoms with Crippen LogP contribution in [0.2, 0.25) is 5.02 Å². The van der Waals surface area contributed by atoms with Crippen molar-refractivity contribution >= 4 is 27.5 Å². The van der Waals surface area contributed by atoms with Gasteiger partial charge in [-0.25, -0.2) is 8.42 Å². The van der Waals surface area contributed by atoms with Crippen molar-refractivity contribution in [3.05, 3.63) is 94.5 Å². The molecule has 0 heterocycles. The second kappa shape index (κ2) is 10.8. The van der Waals surface area contributed by atoms with Crippen LogP contribution in [0.3, 0.4) is 0 Å². The predicted octanol–water partition coefficient (Wildman–Crippen LogP) is 5.05. The summed E-state index contributed by atoms with van der Waals surface area (Å²) in [6, 6.07) is 20.5. The van der Waals surface area contributed by atoms with Crippen LogP contribution >= 0.6 is 11.6 Å². The van der Waals surface area contributed by atoms with Crippen molar-refractivity contribution in [1.29, 1.82) is 0 Å². The molecule has 0 unspecified atom stereocenters. The third kappa shape index (κ3) is 6.13. The lowest BCUT2D eigenvalue weighted by molar-refractivity contribution is 0.0939. The van der Waals surface area contributed by atoms with Gasteiger partial charge in [0.15, 0.2) is 0 Å². The van der Waals surface area contributed by atoms with Crippen LogP contribution in [0.4, 0.5) is 0 Å². The number of hydrogen-bond acceptors (Lipinski definition) is 4. The maximum absolute atomic E-state index is 13.0. The Balaban J connectivity index is 1.83. The number of carbonyl (C=O) groups excluding carboxylic acids is 1. The van der Waals surface area contributed by atoms with E-state index in [9.17, 15) is 13.2 Å². The minimum atomic E-state index is -3.76. The normalized spacial score (nSPS) is 12.4. The summed E-state index contributed by atoms with van der Waals surface area (Å²) < 4.78 is 32.9. The summed E-state index contributed by atoms with van der Waals surface area (Å²) in [5.41, 5.74) is 2.01. The molecule has 1 amide bonds. The zero-order chi connectivity index (χ0) is 24.0. The number of sulfonamides is 1. The number of ether oxygens (including phenoxy) is 1.